The summed E-state index contributed by atoms with van der Waals surface area (Å²) in [6.07, 6.45) is 2.03. The number of nitrogens with zero attached hydrogens (tertiary/aromatic N) is 3. The molecule has 1 aliphatic rings. The molecule has 2 aromatic carbocycles. The van der Waals surface area contributed by atoms with E-state index in [9.17, 15) is 14.4 Å². The summed E-state index contributed by atoms with van der Waals surface area (Å²) in [7, 11) is 0. The van der Waals surface area contributed by atoms with Crippen molar-refractivity contribution in [3.05, 3.63) is 64.4 Å². The minimum atomic E-state index is -0.243. The summed E-state index contributed by atoms with van der Waals surface area (Å²) >= 11 is 1.19. The van der Waals surface area contributed by atoms with Crippen LogP contribution in [0, 0.1) is 0 Å². The standard InChI is InChI=1S/C22H21N3O3S/c1-2-15-9-11-16(12-10-15)25-21(28)17-6-3-4-7-18(17)23-22(25)29-14-20(27)24-13-5-8-19(24)26/h3-4,6-7,9-12H,2,5,8,13-14H2,1H3. The van der Waals surface area contributed by atoms with Gasteiger partial charge >= 0.3 is 0 Å². The van der Waals surface area contributed by atoms with Gasteiger partial charge in [0.15, 0.2) is 5.16 Å². The van der Waals surface area contributed by atoms with Crippen LogP contribution in [0.25, 0.3) is 16.6 Å². The third-order valence-corrected chi connectivity index (χ3v) is 5.97. The Morgan fingerprint density at radius 1 is 1.10 bits per heavy atom. The Kier molecular flexibility index (Phi) is 5.49. The molecule has 148 valence electrons. The van der Waals surface area contributed by atoms with Gasteiger partial charge in [0.25, 0.3) is 5.56 Å². The Morgan fingerprint density at radius 3 is 2.55 bits per heavy atom. The molecule has 3 aromatic rings. The highest BCUT2D eigenvalue weighted by Gasteiger charge is 2.26. The van der Waals surface area contributed by atoms with Crippen molar-refractivity contribution in [1.82, 2.24) is 14.5 Å². The Balaban J connectivity index is 1.73. The quantitative estimate of drug-likeness (QED) is 0.480. The van der Waals surface area contributed by atoms with Crippen molar-refractivity contribution < 1.29 is 9.59 Å². The number of para-hydroxylation sites is 1. The normalized spacial score (nSPS) is 14.0. The molecule has 0 atom stereocenters. The van der Waals surface area contributed by atoms with Gasteiger partial charge in [-0.25, -0.2) is 4.98 Å². The van der Waals surface area contributed by atoms with E-state index in [1.54, 1.807) is 16.7 Å². The van der Waals surface area contributed by atoms with Gasteiger partial charge in [-0.15, -0.1) is 0 Å². The molecule has 7 heteroatoms. The molecular weight excluding hydrogens is 386 g/mol. The van der Waals surface area contributed by atoms with E-state index in [1.807, 2.05) is 36.4 Å². The van der Waals surface area contributed by atoms with Crippen molar-refractivity contribution in [2.24, 2.45) is 0 Å². The van der Waals surface area contributed by atoms with Crippen molar-refractivity contribution in [2.45, 2.75) is 31.3 Å². The van der Waals surface area contributed by atoms with Crippen molar-refractivity contribution in [3.63, 3.8) is 0 Å². The molecule has 2 heterocycles. The monoisotopic (exact) mass is 407 g/mol. The minimum absolute atomic E-state index is 0.0591. The second-order valence-corrected chi connectivity index (χ2v) is 7.85. The molecule has 4 rings (SSSR count). The Labute approximate surface area is 172 Å². The fourth-order valence-electron chi connectivity index (χ4n) is 3.43. The van der Waals surface area contributed by atoms with E-state index >= 15 is 0 Å². The topological polar surface area (TPSA) is 72.3 Å². The largest absolute Gasteiger partial charge is 0.282 e. The van der Waals surface area contributed by atoms with Gasteiger partial charge in [0.05, 0.1) is 22.3 Å². The number of fused-ring (bicyclic) bond motifs is 1. The van der Waals surface area contributed by atoms with E-state index in [0.29, 0.717) is 41.1 Å². The second kappa shape index (κ2) is 8.21. The summed E-state index contributed by atoms with van der Waals surface area (Å²) in [5.41, 5.74) is 2.29. The predicted octanol–water partition coefficient (Wildman–Crippen LogP) is 3.19. The molecule has 29 heavy (non-hydrogen) atoms. The molecule has 2 amide bonds. The average Bonchev–Trinajstić information content (AvgIpc) is 3.18. The van der Waals surface area contributed by atoms with E-state index < -0.39 is 0 Å². The molecule has 0 N–H and O–H groups in total. The van der Waals surface area contributed by atoms with Crippen LogP contribution in [0.15, 0.2) is 58.5 Å². The minimum Gasteiger partial charge on any atom is -0.282 e. The molecule has 0 aliphatic carbocycles. The second-order valence-electron chi connectivity index (χ2n) is 6.90. The van der Waals surface area contributed by atoms with Crippen molar-refractivity contribution in [2.75, 3.05) is 12.3 Å². The number of imide groups is 1. The van der Waals surface area contributed by atoms with Gasteiger partial charge in [-0.05, 0) is 42.7 Å². The van der Waals surface area contributed by atoms with E-state index in [-0.39, 0.29) is 23.1 Å². The van der Waals surface area contributed by atoms with Crippen LogP contribution in [0.3, 0.4) is 0 Å². The van der Waals surface area contributed by atoms with E-state index in [2.05, 4.69) is 11.9 Å². The number of aromatic nitrogens is 2. The molecule has 1 aromatic heterocycles. The molecule has 6 nitrogen and oxygen atoms in total. The highest BCUT2D eigenvalue weighted by Crippen LogP contribution is 2.23. The van der Waals surface area contributed by atoms with Gasteiger partial charge in [-0.2, -0.15) is 0 Å². The first-order valence-electron chi connectivity index (χ1n) is 9.65. The van der Waals surface area contributed by atoms with Crippen LogP contribution < -0.4 is 5.56 Å². The zero-order valence-corrected chi connectivity index (χ0v) is 16.9. The number of thioether (sulfide) groups is 1. The van der Waals surface area contributed by atoms with E-state index in [4.69, 9.17) is 0 Å². The molecule has 0 bridgehead atoms. The summed E-state index contributed by atoms with van der Waals surface area (Å²) < 4.78 is 1.55. The molecular formula is C22H21N3O3S. The summed E-state index contributed by atoms with van der Waals surface area (Å²) in [5.74, 6) is -0.314. The summed E-state index contributed by atoms with van der Waals surface area (Å²) in [6.45, 7) is 2.54. The van der Waals surface area contributed by atoms with E-state index in [1.165, 1.54) is 22.2 Å². The van der Waals surface area contributed by atoms with Crippen LogP contribution in [0.5, 0.6) is 0 Å². The maximum atomic E-state index is 13.2. The number of hydrogen-bond acceptors (Lipinski definition) is 5. The third-order valence-electron chi connectivity index (χ3n) is 5.05. The first-order chi connectivity index (χ1) is 14.1. The molecule has 0 spiro atoms. The van der Waals surface area contributed by atoms with Gasteiger partial charge < -0.3 is 0 Å². The van der Waals surface area contributed by atoms with Crippen LogP contribution in [-0.4, -0.2) is 38.6 Å². The van der Waals surface area contributed by atoms with Gasteiger partial charge in [0.1, 0.15) is 0 Å². The molecule has 1 aliphatic heterocycles. The van der Waals surface area contributed by atoms with Crippen molar-refractivity contribution in [3.8, 4) is 5.69 Å². The summed E-state index contributed by atoms with van der Waals surface area (Å²) in [4.78, 5) is 43.5. The number of carbonyl (C=O) groups is 2. The lowest BCUT2D eigenvalue weighted by atomic mass is 10.1. The molecule has 0 radical (unpaired) electrons. The molecule has 1 saturated heterocycles. The SMILES string of the molecule is CCc1ccc(-n2c(SCC(=O)N3CCCC3=O)nc3ccccc3c2=O)cc1. The van der Waals surface area contributed by atoms with Crippen molar-refractivity contribution in [1.29, 1.82) is 0 Å². The number of rotatable bonds is 5. The van der Waals surface area contributed by atoms with Crippen LogP contribution in [0.1, 0.15) is 25.3 Å². The average molecular weight is 407 g/mol. The number of aryl methyl sites for hydroxylation is 1. The number of benzene rings is 2. The number of amides is 2. The third kappa shape index (κ3) is 3.82. The predicted molar refractivity (Wildman–Crippen MR) is 113 cm³/mol. The molecule has 0 saturated carbocycles. The van der Waals surface area contributed by atoms with Gasteiger partial charge in [0, 0.05) is 13.0 Å². The molecule has 1 fully saturated rings. The fourth-order valence-corrected chi connectivity index (χ4v) is 4.32. The Hall–Kier alpha value is -2.93. The van der Waals surface area contributed by atoms with Gasteiger partial charge in [-0.1, -0.05) is 43.0 Å². The van der Waals surface area contributed by atoms with E-state index in [0.717, 1.165) is 6.42 Å². The zero-order valence-electron chi connectivity index (χ0n) is 16.1. The lowest BCUT2D eigenvalue weighted by Gasteiger charge is -2.16. The first-order valence-corrected chi connectivity index (χ1v) is 10.6. The summed E-state index contributed by atoms with van der Waals surface area (Å²) in [6, 6.07) is 14.9. The smallest absolute Gasteiger partial charge is 0.266 e. The summed E-state index contributed by atoms with van der Waals surface area (Å²) in [5, 5.41) is 0.968. The fraction of sp³-hybridized carbons (Fsp3) is 0.273. The Bertz CT molecular complexity index is 1140. The van der Waals surface area contributed by atoms with Crippen LogP contribution in [-0.2, 0) is 16.0 Å². The van der Waals surface area contributed by atoms with Gasteiger partial charge in [0.2, 0.25) is 11.8 Å². The van der Waals surface area contributed by atoms with Crippen LogP contribution in [0.2, 0.25) is 0 Å². The highest BCUT2D eigenvalue weighted by atomic mass is 32.2. The number of likely N-dealkylation sites (tertiary alicyclic amines) is 1. The molecule has 0 unspecified atom stereocenters. The van der Waals surface area contributed by atoms with Crippen LogP contribution in [0.4, 0.5) is 0 Å². The zero-order chi connectivity index (χ0) is 20.4. The highest BCUT2D eigenvalue weighted by molar-refractivity contribution is 7.99. The van der Waals surface area contributed by atoms with Crippen molar-refractivity contribution >= 4 is 34.5 Å². The number of carbonyl (C=O) groups excluding carboxylic acids is 2. The maximum absolute atomic E-state index is 13.2. The van der Waals surface area contributed by atoms with Gasteiger partial charge in [-0.3, -0.25) is 23.9 Å². The van der Waals surface area contributed by atoms with Crippen LogP contribution >= 0.6 is 11.8 Å². The Morgan fingerprint density at radius 2 is 1.86 bits per heavy atom. The number of hydrogen-bond donors (Lipinski definition) is 0. The lowest BCUT2D eigenvalue weighted by molar-refractivity contribution is -0.140. The first kappa shape index (κ1) is 19.4. The maximum Gasteiger partial charge on any atom is 0.266 e. The lowest BCUT2D eigenvalue weighted by Crippen LogP contribution is -2.33.